The summed E-state index contributed by atoms with van der Waals surface area (Å²) in [6, 6.07) is 39.3. The number of hydrogen-bond donors (Lipinski definition) is 2. The molecule has 6 aromatic rings. The molecule has 3 fully saturated rings. The number of carbonyl (C=O) groups excluding carboxylic acids is 5. The number of para-hydroxylation sites is 1. The number of hydrogen-bond acceptors (Lipinski definition) is 11. The number of benzene rings is 6. The van der Waals surface area contributed by atoms with E-state index < -0.39 is 64.6 Å². The number of unbranched alkanes of at least 4 members (excludes halogenated alkanes) is 2. The molecule has 0 unspecified atom stereocenters. The Bertz CT molecular complexity index is 3660. The number of alkyl halides is 6. The Morgan fingerprint density at radius 1 is 0.640 bits per heavy atom. The van der Waals surface area contributed by atoms with E-state index in [4.69, 9.17) is 14.2 Å². The minimum atomic E-state index is -5.15. The van der Waals surface area contributed by atoms with Gasteiger partial charge in [0, 0.05) is 108 Å². The summed E-state index contributed by atoms with van der Waals surface area (Å²) in [5.74, 6) is -1.85. The lowest BCUT2D eigenvalue weighted by molar-refractivity contribution is -0.143. The zero-order valence-corrected chi connectivity index (χ0v) is 58.8. The molecule has 0 aromatic heterocycles. The van der Waals surface area contributed by atoms with Crippen LogP contribution in [0.25, 0.3) is 11.1 Å². The monoisotopic (exact) mass is 1450 g/mol. The van der Waals surface area contributed by atoms with Crippen LogP contribution in [0.3, 0.4) is 0 Å². The number of rotatable bonds is 26. The number of carbonyl (C=O) groups is 5. The van der Waals surface area contributed by atoms with Gasteiger partial charge >= 0.3 is 18.4 Å². The number of anilines is 2. The number of likely N-dealkylation sites (N-methyl/N-ethyl adjacent to an activating group) is 2. The van der Waals surface area contributed by atoms with Gasteiger partial charge in [0.25, 0.3) is 11.8 Å². The summed E-state index contributed by atoms with van der Waals surface area (Å²) < 4.78 is 116. The molecule has 0 bridgehead atoms. The number of ether oxygens (including phenoxy) is 3. The van der Waals surface area contributed by atoms with Gasteiger partial charge in [-0.3, -0.25) is 24.5 Å². The zero-order valence-electron chi connectivity index (χ0n) is 56.3. The Morgan fingerprint density at radius 2 is 1.28 bits per heavy atom. The van der Waals surface area contributed by atoms with Crippen molar-refractivity contribution in [1.82, 2.24) is 29.4 Å². The number of piperidine rings is 2. The number of amides is 5. The van der Waals surface area contributed by atoms with Crippen molar-refractivity contribution in [2.45, 2.75) is 106 Å². The predicted molar refractivity (Wildman–Crippen MR) is 377 cm³/mol. The number of nitrogens with one attached hydrogen (secondary N) is 2. The summed E-state index contributed by atoms with van der Waals surface area (Å²) in [5, 5.41) is 6.35. The highest BCUT2D eigenvalue weighted by Crippen LogP contribution is 2.49. The normalized spacial score (nSPS) is 17.6. The Balaban J connectivity index is 0.00000468. The molecule has 2 atom stereocenters. The number of fused-ring (bicyclic) bond motifs is 2. The van der Waals surface area contributed by atoms with Crippen LogP contribution in [0.4, 0.5) is 46.9 Å². The zero-order chi connectivity index (χ0) is 68.9. The minimum Gasteiger partial charge on any atom is -0.446 e. The number of nitrogens with zero attached hydrogens (tertiary/aromatic N) is 6. The second-order valence-corrected chi connectivity index (χ2v) is 26.0. The van der Waals surface area contributed by atoms with Crippen LogP contribution >= 0.6 is 37.2 Å². The first kappa shape index (κ1) is 79.8. The molecule has 16 nitrogen and oxygen atoms in total. The van der Waals surface area contributed by atoms with Gasteiger partial charge in [-0.1, -0.05) is 97.4 Å². The van der Waals surface area contributed by atoms with Crippen LogP contribution in [-0.2, 0) is 53.6 Å². The van der Waals surface area contributed by atoms with Crippen molar-refractivity contribution < 1.29 is 68.9 Å². The van der Waals surface area contributed by atoms with E-state index in [1.807, 2.05) is 92.0 Å². The van der Waals surface area contributed by atoms with E-state index in [1.165, 1.54) is 24.3 Å². The molecule has 1 aliphatic carbocycles. The maximum Gasteiger partial charge on any atom is 0.416 e. The molecule has 542 valence electrons. The molecule has 100 heavy (non-hydrogen) atoms. The Morgan fingerprint density at radius 3 is 1.98 bits per heavy atom. The fraction of sp³-hybridized carbons (Fsp3) is 0.446. The maximum atomic E-state index is 14.2. The standard InChI is InChI=1S/C74H85F7N8O8.3ClH/c1-84(35-15-36-86(3)68(92)54-19-14-20-60(46-54)82-34-13-5-8-24-66(90)85(2)42-43-87-37-29-61(30-38-87)97-70(94)83-64-23-12-10-21-62(64)52-16-6-4-7-17-52)67(91)49-95-65-47-53-18-9-11-22-63(53)71(65)31-39-88(40-32-71)41-33-72(56-25-27-59(75)28-26-56)50-89(51-96-72)69(93)55-44-57(73(76,77)78)48-58(45-55)74(79,80)81;;;/h4,6-7,9-12,14,16-23,25-28,44-46,48,61,65,82H,5,8,13,15,24,29-43,47,49-51H2,1-3H3,(H,83,94);3*1H/t65-,72+;;;/m0.../s1. The number of likely N-dealkylation sites (tertiary alicyclic amines) is 2. The molecule has 10 rings (SSSR count). The van der Waals surface area contributed by atoms with Gasteiger partial charge in [-0.2, -0.15) is 26.3 Å². The van der Waals surface area contributed by atoms with E-state index in [9.17, 15) is 54.7 Å². The molecule has 3 aliphatic heterocycles. The van der Waals surface area contributed by atoms with Crippen LogP contribution in [0.15, 0.2) is 146 Å². The van der Waals surface area contributed by atoms with Crippen molar-refractivity contribution in [1.29, 1.82) is 0 Å². The summed E-state index contributed by atoms with van der Waals surface area (Å²) in [5.41, 5.74) is 1.09. The van der Waals surface area contributed by atoms with E-state index in [0.29, 0.717) is 107 Å². The predicted octanol–water partition coefficient (Wildman–Crippen LogP) is 14.3. The van der Waals surface area contributed by atoms with Crippen LogP contribution in [0.5, 0.6) is 0 Å². The summed E-state index contributed by atoms with van der Waals surface area (Å²) in [6.07, 6.45) is -4.15. The van der Waals surface area contributed by atoms with Gasteiger partial charge in [-0.25, -0.2) is 9.18 Å². The molecule has 3 heterocycles. The highest BCUT2D eigenvalue weighted by molar-refractivity contribution is 5.96. The largest absolute Gasteiger partial charge is 0.446 e. The Kier molecular flexibility index (Phi) is 28.6. The first-order chi connectivity index (χ1) is 46.5. The molecule has 3 saturated heterocycles. The second kappa shape index (κ2) is 35.9. The molecule has 0 radical (unpaired) electrons. The molecular weight excluding hydrogens is 1370 g/mol. The maximum absolute atomic E-state index is 14.2. The fourth-order valence-corrected chi connectivity index (χ4v) is 13.7. The molecule has 4 aliphatic rings. The van der Waals surface area contributed by atoms with Gasteiger partial charge in [0.15, 0.2) is 0 Å². The van der Waals surface area contributed by atoms with Gasteiger partial charge in [-0.15, -0.1) is 37.2 Å². The lowest BCUT2D eigenvalue weighted by Gasteiger charge is -2.44. The summed E-state index contributed by atoms with van der Waals surface area (Å²) in [4.78, 5) is 77.6. The lowest BCUT2D eigenvalue weighted by atomic mass is 9.72. The smallest absolute Gasteiger partial charge is 0.416 e. The van der Waals surface area contributed by atoms with E-state index >= 15 is 0 Å². The van der Waals surface area contributed by atoms with Crippen LogP contribution in [0.2, 0.25) is 0 Å². The highest BCUT2D eigenvalue weighted by Gasteiger charge is 2.50. The average molecular weight is 1460 g/mol. The Labute approximate surface area is 598 Å². The van der Waals surface area contributed by atoms with E-state index in [1.54, 1.807) is 34.9 Å². The molecule has 26 heteroatoms. The van der Waals surface area contributed by atoms with Crippen molar-refractivity contribution in [2.75, 3.05) is 117 Å². The van der Waals surface area contributed by atoms with Gasteiger partial charge in [-0.05, 0) is 148 Å². The average Bonchev–Trinajstić information content (AvgIpc) is 1.58. The van der Waals surface area contributed by atoms with Gasteiger partial charge in [0.2, 0.25) is 11.8 Å². The topological polar surface area (TPSA) is 157 Å². The molecular formula is C74H88Cl3F7N8O8. The third kappa shape index (κ3) is 20.4. The molecule has 6 aromatic carbocycles. The highest BCUT2D eigenvalue weighted by atomic mass is 35.5. The van der Waals surface area contributed by atoms with Gasteiger partial charge < -0.3 is 48.9 Å². The molecule has 1 spiro atoms. The molecule has 5 amide bonds. The summed E-state index contributed by atoms with van der Waals surface area (Å²) >= 11 is 0. The van der Waals surface area contributed by atoms with Crippen LogP contribution in [-0.4, -0.2) is 178 Å². The lowest BCUT2D eigenvalue weighted by Crippen LogP contribution is -2.50. The first-order valence-electron chi connectivity index (χ1n) is 33.3. The molecule has 0 saturated carbocycles. The fourth-order valence-electron chi connectivity index (χ4n) is 13.7. The third-order valence-corrected chi connectivity index (χ3v) is 19.5. The third-order valence-electron chi connectivity index (χ3n) is 19.5. The van der Waals surface area contributed by atoms with Crippen molar-refractivity contribution in [3.8, 4) is 11.1 Å². The molecule has 2 N–H and O–H groups in total. The van der Waals surface area contributed by atoms with E-state index in [0.717, 1.165) is 84.6 Å². The van der Waals surface area contributed by atoms with Crippen LogP contribution in [0, 0.1) is 5.82 Å². The summed E-state index contributed by atoms with van der Waals surface area (Å²) in [6.45, 7) is 5.23. The van der Waals surface area contributed by atoms with Gasteiger partial charge in [0.1, 0.15) is 30.9 Å². The minimum absolute atomic E-state index is 0. The van der Waals surface area contributed by atoms with Gasteiger partial charge in [0.05, 0.1) is 29.5 Å². The SMILES string of the molecule is CN(CCN1CCC(OC(=O)Nc2ccccc2-c2ccccc2)CC1)C(=O)CCCCCNc1cccc(C(=O)N(C)CCCN(C)C(=O)CO[C@H]2Cc3ccccc3C23CCN(CC[C@]2(c4ccc(F)cc4)CN(C(=O)c4cc(C(F)(F)F)cc(C(F)(F)F)c4)CO2)CC3)c1.Cl.Cl.Cl. The Hall–Kier alpha value is -7.51. The van der Waals surface area contributed by atoms with Crippen molar-refractivity contribution in [3.63, 3.8) is 0 Å². The number of halogens is 10. The van der Waals surface area contributed by atoms with Crippen molar-refractivity contribution in [3.05, 3.63) is 190 Å². The quantitative estimate of drug-likeness (QED) is 0.0394. The van der Waals surface area contributed by atoms with Crippen molar-refractivity contribution in [2.24, 2.45) is 0 Å². The van der Waals surface area contributed by atoms with E-state index in [2.05, 4.69) is 32.6 Å². The van der Waals surface area contributed by atoms with E-state index in [-0.39, 0.29) is 92.8 Å². The summed E-state index contributed by atoms with van der Waals surface area (Å²) in [7, 11) is 5.30. The first-order valence-corrected chi connectivity index (χ1v) is 33.3. The van der Waals surface area contributed by atoms with Crippen LogP contribution < -0.4 is 10.6 Å². The second-order valence-electron chi connectivity index (χ2n) is 26.0. The van der Waals surface area contributed by atoms with Crippen LogP contribution in [0.1, 0.15) is 113 Å². The van der Waals surface area contributed by atoms with Crippen molar-refractivity contribution >= 4 is 78.3 Å².